The van der Waals surface area contributed by atoms with Crippen LogP contribution >= 0.6 is 11.3 Å². The van der Waals surface area contributed by atoms with E-state index in [1.54, 1.807) is 24.6 Å². The minimum absolute atomic E-state index is 0.221. The van der Waals surface area contributed by atoms with Crippen LogP contribution < -0.4 is 15.4 Å². The standard InChI is InChI=1S/C17H18N4O2S/c1-11-18-9-13(24-11)10-20-17(22)19-8-12-7-16(23-2)21-15-6-4-3-5-14(12)15/h3-7,9H,8,10H2,1-2H3,(H2,19,20,22). The fourth-order valence-electron chi connectivity index (χ4n) is 2.36. The van der Waals surface area contributed by atoms with E-state index >= 15 is 0 Å². The molecule has 0 bridgehead atoms. The maximum absolute atomic E-state index is 12.0. The number of nitrogens with zero attached hydrogens (tertiary/aromatic N) is 2. The van der Waals surface area contributed by atoms with Crippen molar-refractivity contribution in [2.45, 2.75) is 20.0 Å². The number of rotatable bonds is 5. The van der Waals surface area contributed by atoms with Gasteiger partial charge in [-0.25, -0.2) is 14.8 Å². The number of para-hydroxylation sites is 1. The maximum atomic E-state index is 12.0. The Morgan fingerprint density at radius 2 is 2.04 bits per heavy atom. The summed E-state index contributed by atoms with van der Waals surface area (Å²) < 4.78 is 5.23. The Hall–Kier alpha value is -2.67. The molecule has 0 aliphatic carbocycles. The topological polar surface area (TPSA) is 76.1 Å². The predicted molar refractivity (Wildman–Crippen MR) is 94.2 cm³/mol. The molecule has 0 saturated carbocycles. The van der Waals surface area contributed by atoms with E-state index in [-0.39, 0.29) is 6.03 Å². The average Bonchev–Trinajstić information content (AvgIpc) is 3.03. The van der Waals surface area contributed by atoms with Gasteiger partial charge in [0.25, 0.3) is 0 Å². The van der Waals surface area contributed by atoms with Crippen LogP contribution in [-0.4, -0.2) is 23.1 Å². The number of urea groups is 1. The van der Waals surface area contributed by atoms with E-state index in [0.717, 1.165) is 26.4 Å². The first kappa shape index (κ1) is 16.2. The Kier molecular flexibility index (Phi) is 4.90. The molecule has 7 heteroatoms. The van der Waals surface area contributed by atoms with Crippen LogP contribution in [0.1, 0.15) is 15.4 Å². The zero-order valence-corrected chi connectivity index (χ0v) is 14.3. The van der Waals surface area contributed by atoms with Crippen LogP contribution in [0.15, 0.2) is 36.5 Å². The van der Waals surface area contributed by atoms with Gasteiger partial charge >= 0.3 is 6.03 Å². The van der Waals surface area contributed by atoms with Crippen LogP contribution in [0, 0.1) is 6.92 Å². The summed E-state index contributed by atoms with van der Waals surface area (Å²) in [5.74, 6) is 0.533. The Morgan fingerprint density at radius 1 is 1.25 bits per heavy atom. The molecule has 124 valence electrons. The third-order valence-corrected chi connectivity index (χ3v) is 4.43. The second kappa shape index (κ2) is 7.27. The molecule has 0 saturated heterocycles. The van der Waals surface area contributed by atoms with Gasteiger partial charge in [0.2, 0.25) is 5.88 Å². The number of thiazole rings is 1. The van der Waals surface area contributed by atoms with Crippen LogP contribution in [0.25, 0.3) is 10.9 Å². The summed E-state index contributed by atoms with van der Waals surface area (Å²) in [6, 6.07) is 9.41. The van der Waals surface area contributed by atoms with Crippen LogP contribution in [0.2, 0.25) is 0 Å². The van der Waals surface area contributed by atoms with Crippen molar-refractivity contribution in [3.05, 3.63) is 52.0 Å². The van der Waals surface area contributed by atoms with Crippen LogP contribution in [0.4, 0.5) is 4.79 Å². The second-order valence-electron chi connectivity index (χ2n) is 5.22. The van der Waals surface area contributed by atoms with Crippen molar-refractivity contribution in [1.29, 1.82) is 0 Å². The minimum Gasteiger partial charge on any atom is -0.481 e. The Labute approximate surface area is 143 Å². The number of hydrogen-bond donors (Lipinski definition) is 2. The van der Waals surface area contributed by atoms with Crippen LogP contribution in [0.3, 0.4) is 0 Å². The van der Waals surface area contributed by atoms with Gasteiger partial charge in [-0.2, -0.15) is 0 Å². The number of fused-ring (bicyclic) bond motifs is 1. The lowest BCUT2D eigenvalue weighted by Crippen LogP contribution is -2.34. The molecular weight excluding hydrogens is 324 g/mol. The summed E-state index contributed by atoms with van der Waals surface area (Å²) in [6.07, 6.45) is 1.78. The number of carbonyl (C=O) groups excluding carboxylic acids is 1. The molecule has 2 N–H and O–H groups in total. The molecular formula is C17H18N4O2S. The number of ether oxygens (including phenoxy) is 1. The van der Waals surface area contributed by atoms with Crippen LogP contribution in [-0.2, 0) is 13.1 Å². The molecule has 0 radical (unpaired) electrons. The van der Waals surface area contributed by atoms with E-state index in [1.165, 1.54) is 0 Å². The summed E-state index contributed by atoms with van der Waals surface area (Å²) in [6.45, 7) is 2.81. The smallest absolute Gasteiger partial charge is 0.315 e. The summed E-state index contributed by atoms with van der Waals surface area (Å²) in [7, 11) is 1.58. The number of hydrogen-bond acceptors (Lipinski definition) is 5. The van der Waals surface area contributed by atoms with Gasteiger partial charge in [-0.05, 0) is 18.6 Å². The molecule has 0 aliphatic heterocycles. The molecule has 2 heterocycles. The number of aromatic nitrogens is 2. The van der Waals surface area contributed by atoms with E-state index in [2.05, 4.69) is 20.6 Å². The lowest BCUT2D eigenvalue weighted by Gasteiger charge is -2.10. The Morgan fingerprint density at radius 3 is 2.79 bits per heavy atom. The SMILES string of the molecule is COc1cc(CNC(=O)NCc2cnc(C)s2)c2ccccc2n1. The third kappa shape index (κ3) is 3.80. The predicted octanol–water partition coefficient (Wildman–Crippen LogP) is 3.01. The van der Waals surface area contributed by atoms with Gasteiger partial charge in [0.15, 0.2) is 0 Å². The molecule has 24 heavy (non-hydrogen) atoms. The normalized spacial score (nSPS) is 10.6. The van der Waals surface area contributed by atoms with Gasteiger partial charge in [0.1, 0.15) is 0 Å². The highest BCUT2D eigenvalue weighted by atomic mass is 32.1. The maximum Gasteiger partial charge on any atom is 0.315 e. The number of methoxy groups -OCH3 is 1. The van der Waals surface area contributed by atoms with Gasteiger partial charge in [0.05, 0.1) is 24.2 Å². The van der Waals surface area contributed by atoms with Gasteiger partial charge in [-0.3, -0.25) is 0 Å². The zero-order valence-electron chi connectivity index (χ0n) is 13.5. The number of pyridine rings is 1. The quantitative estimate of drug-likeness (QED) is 0.747. The first-order valence-corrected chi connectivity index (χ1v) is 8.33. The molecule has 0 unspecified atom stereocenters. The lowest BCUT2D eigenvalue weighted by atomic mass is 10.1. The fraction of sp³-hybridized carbons (Fsp3) is 0.235. The van der Waals surface area contributed by atoms with Crippen molar-refractivity contribution in [3.8, 4) is 5.88 Å². The van der Waals surface area contributed by atoms with E-state index in [9.17, 15) is 4.79 Å². The largest absolute Gasteiger partial charge is 0.481 e. The summed E-state index contributed by atoms with van der Waals surface area (Å²) in [5, 5.41) is 7.69. The second-order valence-corrected chi connectivity index (χ2v) is 6.54. The van der Waals surface area contributed by atoms with Crippen molar-refractivity contribution < 1.29 is 9.53 Å². The van der Waals surface area contributed by atoms with E-state index in [4.69, 9.17) is 4.74 Å². The van der Waals surface area contributed by atoms with Crippen LogP contribution in [0.5, 0.6) is 5.88 Å². The van der Waals surface area contributed by atoms with Gasteiger partial charge in [0, 0.05) is 29.1 Å². The molecule has 0 spiro atoms. The van der Waals surface area contributed by atoms with Crippen molar-refractivity contribution >= 4 is 28.3 Å². The highest BCUT2D eigenvalue weighted by molar-refractivity contribution is 7.11. The van der Waals surface area contributed by atoms with Gasteiger partial charge < -0.3 is 15.4 Å². The highest BCUT2D eigenvalue weighted by Crippen LogP contribution is 2.21. The Balaban J connectivity index is 1.65. The number of carbonyl (C=O) groups is 1. The van der Waals surface area contributed by atoms with Gasteiger partial charge in [-0.15, -0.1) is 11.3 Å². The molecule has 0 aliphatic rings. The third-order valence-electron chi connectivity index (χ3n) is 3.52. The molecule has 1 aromatic carbocycles. The molecule has 3 aromatic rings. The number of nitrogens with one attached hydrogen (secondary N) is 2. The van der Waals surface area contributed by atoms with Crippen molar-refractivity contribution in [3.63, 3.8) is 0 Å². The first-order valence-electron chi connectivity index (χ1n) is 7.51. The highest BCUT2D eigenvalue weighted by Gasteiger charge is 2.08. The number of benzene rings is 1. The monoisotopic (exact) mass is 342 g/mol. The molecule has 0 fully saturated rings. The van der Waals surface area contributed by atoms with E-state index in [1.807, 2.05) is 37.3 Å². The molecule has 0 atom stereocenters. The van der Waals surface area contributed by atoms with Crippen molar-refractivity contribution in [2.24, 2.45) is 0 Å². The summed E-state index contributed by atoms with van der Waals surface area (Å²) >= 11 is 1.57. The Bertz CT molecular complexity index is 863. The average molecular weight is 342 g/mol. The van der Waals surface area contributed by atoms with E-state index in [0.29, 0.717) is 19.0 Å². The fourth-order valence-corrected chi connectivity index (χ4v) is 3.10. The van der Waals surface area contributed by atoms with Crippen molar-refractivity contribution in [2.75, 3.05) is 7.11 Å². The summed E-state index contributed by atoms with van der Waals surface area (Å²) in [4.78, 5) is 21.6. The molecule has 2 amide bonds. The number of amides is 2. The summed E-state index contributed by atoms with van der Waals surface area (Å²) in [5.41, 5.74) is 1.80. The minimum atomic E-state index is -0.221. The lowest BCUT2D eigenvalue weighted by molar-refractivity contribution is 0.240. The van der Waals surface area contributed by atoms with Crippen molar-refractivity contribution in [1.82, 2.24) is 20.6 Å². The first-order chi connectivity index (χ1) is 11.7. The number of aryl methyl sites for hydroxylation is 1. The molecule has 6 nitrogen and oxygen atoms in total. The molecule has 2 aromatic heterocycles. The van der Waals surface area contributed by atoms with Gasteiger partial charge in [-0.1, -0.05) is 18.2 Å². The zero-order chi connectivity index (χ0) is 16.9. The molecule has 3 rings (SSSR count). The van der Waals surface area contributed by atoms with E-state index < -0.39 is 0 Å².